The number of aromatic nitrogens is 1. The molecule has 1 aromatic heterocycles. The second-order valence-electron chi connectivity index (χ2n) is 8.05. The summed E-state index contributed by atoms with van der Waals surface area (Å²) in [7, 11) is 0. The van der Waals surface area contributed by atoms with Gasteiger partial charge in [-0.15, -0.1) is 0 Å². The van der Waals surface area contributed by atoms with Crippen LogP contribution in [0.5, 0.6) is 0 Å². The second-order valence-corrected chi connectivity index (χ2v) is 8.05. The molecule has 1 aliphatic carbocycles. The van der Waals surface area contributed by atoms with Crippen LogP contribution < -0.4 is 5.32 Å². The number of pyridine rings is 1. The van der Waals surface area contributed by atoms with E-state index in [-0.39, 0.29) is 36.9 Å². The maximum absolute atomic E-state index is 12.9. The number of carboxylic acids is 1. The molecule has 2 heterocycles. The Morgan fingerprint density at radius 2 is 1.69 bits per heavy atom. The molecule has 1 unspecified atom stereocenters. The van der Waals surface area contributed by atoms with Crippen molar-refractivity contribution in [3.05, 3.63) is 29.1 Å². The van der Waals surface area contributed by atoms with Crippen LogP contribution in [0, 0.1) is 5.92 Å². The highest BCUT2D eigenvalue weighted by Gasteiger charge is 2.34. The Hall–Kier alpha value is -2.16. The van der Waals surface area contributed by atoms with E-state index in [4.69, 9.17) is 5.11 Å². The summed E-state index contributed by atoms with van der Waals surface area (Å²) in [6.45, 7) is 14.5. The fraction of sp³-hybridized carbons (Fsp3) is 0.731. The van der Waals surface area contributed by atoms with Crippen molar-refractivity contribution < 1.29 is 27.9 Å². The molecular formula is C26H44F3N3O3. The number of fused-ring (bicyclic) bond motifs is 1. The molecule has 9 heteroatoms. The molecule has 1 saturated carbocycles. The van der Waals surface area contributed by atoms with Gasteiger partial charge in [0.15, 0.2) is 0 Å². The number of carbonyl (C=O) groups is 2. The molecule has 0 bridgehead atoms. The van der Waals surface area contributed by atoms with Gasteiger partial charge in [-0.05, 0) is 44.2 Å². The fourth-order valence-corrected chi connectivity index (χ4v) is 4.26. The number of nitrogens with one attached hydrogen (secondary N) is 1. The summed E-state index contributed by atoms with van der Waals surface area (Å²) in [6.07, 6.45) is -0.119. The number of hydrogen-bond donors (Lipinski definition) is 2. The summed E-state index contributed by atoms with van der Waals surface area (Å²) in [6, 6.07) is 1.17. The molecule has 1 amide bonds. The molecule has 0 spiro atoms. The van der Waals surface area contributed by atoms with Gasteiger partial charge in [0.05, 0.1) is 12.0 Å². The first-order valence-electron chi connectivity index (χ1n) is 12.9. The minimum Gasteiger partial charge on any atom is -0.481 e. The lowest BCUT2D eigenvalue weighted by Crippen LogP contribution is -2.44. The van der Waals surface area contributed by atoms with Crippen LogP contribution in [0.15, 0.2) is 12.3 Å². The van der Waals surface area contributed by atoms with Gasteiger partial charge < -0.3 is 15.3 Å². The van der Waals surface area contributed by atoms with Crippen molar-refractivity contribution in [2.75, 3.05) is 6.54 Å². The first-order valence-corrected chi connectivity index (χ1v) is 12.9. The lowest BCUT2D eigenvalue weighted by molar-refractivity contribution is -0.138. The van der Waals surface area contributed by atoms with Crippen molar-refractivity contribution in [2.45, 2.75) is 112 Å². The zero-order valence-electron chi connectivity index (χ0n) is 22.3. The molecule has 1 aliphatic heterocycles. The van der Waals surface area contributed by atoms with Gasteiger partial charge in [-0.2, -0.15) is 13.2 Å². The summed E-state index contributed by atoms with van der Waals surface area (Å²) >= 11 is 0. The van der Waals surface area contributed by atoms with Crippen LogP contribution in [0.2, 0.25) is 0 Å². The number of carbonyl (C=O) groups excluding carboxylic acids is 1. The summed E-state index contributed by atoms with van der Waals surface area (Å²) in [5.74, 6) is -0.990. The number of rotatable bonds is 5. The Morgan fingerprint density at radius 1 is 1.11 bits per heavy atom. The van der Waals surface area contributed by atoms with E-state index in [1.54, 1.807) is 4.90 Å². The predicted octanol–water partition coefficient (Wildman–Crippen LogP) is 6.08. The van der Waals surface area contributed by atoms with E-state index in [1.165, 1.54) is 0 Å². The van der Waals surface area contributed by atoms with E-state index in [0.717, 1.165) is 25.1 Å². The molecule has 1 atom stereocenters. The van der Waals surface area contributed by atoms with Crippen molar-refractivity contribution in [3.63, 3.8) is 0 Å². The van der Waals surface area contributed by atoms with E-state index in [2.05, 4.69) is 10.3 Å². The number of carboxylic acid groups (broad SMARTS) is 1. The Balaban J connectivity index is 0.00000179. The summed E-state index contributed by atoms with van der Waals surface area (Å²) in [4.78, 5) is 29.3. The van der Waals surface area contributed by atoms with Crippen molar-refractivity contribution >= 4 is 11.9 Å². The highest BCUT2D eigenvalue weighted by atomic mass is 19.4. The highest BCUT2D eigenvalue weighted by molar-refractivity contribution is 5.79. The van der Waals surface area contributed by atoms with E-state index in [1.807, 2.05) is 48.5 Å². The van der Waals surface area contributed by atoms with Crippen LogP contribution >= 0.6 is 0 Å². The van der Waals surface area contributed by atoms with Gasteiger partial charge in [-0.3, -0.25) is 14.6 Å². The maximum Gasteiger partial charge on any atom is 0.417 e. The van der Waals surface area contributed by atoms with E-state index >= 15 is 0 Å². The summed E-state index contributed by atoms with van der Waals surface area (Å²) < 4.78 is 38.8. The molecule has 2 N–H and O–H groups in total. The maximum atomic E-state index is 12.9. The molecule has 3 rings (SSSR count). The highest BCUT2D eigenvalue weighted by Crippen LogP contribution is 2.32. The van der Waals surface area contributed by atoms with Gasteiger partial charge in [0.2, 0.25) is 5.91 Å². The van der Waals surface area contributed by atoms with Crippen LogP contribution in [-0.4, -0.2) is 45.5 Å². The van der Waals surface area contributed by atoms with Gasteiger partial charge in [-0.1, -0.05) is 41.5 Å². The first-order chi connectivity index (χ1) is 16.6. The average Bonchev–Trinajstić information content (AvgIpc) is 2.86. The number of nitrogens with zero attached hydrogens (tertiary/aromatic N) is 2. The molecular weight excluding hydrogens is 459 g/mol. The first kappa shape index (κ1) is 32.8. The van der Waals surface area contributed by atoms with E-state index < -0.39 is 17.7 Å². The quantitative estimate of drug-likeness (QED) is 0.509. The number of alkyl halides is 3. The zero-order valence-corrected chi connectivity index (χ0v) is 22.3. The topological polar surface area (TPSA) is 82.5 Å². The Bertz CT molecular complexity index is 764. The normalized spacial score (nSPS) is 19.9. The van der Waals surface area contributed by atoms with Crippen LogP contribution in [0.25, 0.3) is 0 Å². The fourth-order valence-electron chi connectivity index (χ4n) is 4.26. The van der Waals surface area contributed by atoms with Gasteiger partial charge in [0, 0.05) is 49.4 Å². The minimum absolute atomic E-state index is 0.00917. The monoisotopic (exact) mass is 503 g/mol. The molecule has 0 radical (unpaired) electrons. The molecule has 0 aromatic carbocycles. The van der Waals surface area contributed by atoms with E-state index in [0.29, 0.717) is 37.1 Å². The molecule has 0 saturated heterocycles. The van der Waals surface area contributed by atoms with Gasteiger partial charge >= 0.3 is 12.1 Å². The third kappa shape index (κ3) is 10.5. The molecule has 35 heavy (non-hydrogen) atoms. The lowest BCUT2D eigenvalue weighted by Gasteiger charge is -2.35. The number of hydrogen-bond acceptors (Lipinski definition) is 4. The minimum atomic E-state index is -4.45. The molecule has 1 fully saturated rings. The number of amides is 1. The van der Waals surface area contributed by atoms with Gasteiger partial charge in [0.1, 0.15) is 0 Å². The third-order valence-corrected chi connectivity index (χ3v) is 5.76. The summed E-state index contributed by atoms with van der Waals surface area (Å²) in [5, 5.41) is 12.1. The smallest absolute Gasteiger partial charge is 0.417 e. The average molecular weight is 504 g/mol. The molecule has 6 nitrogen and oxygen atoms in total. The van der Waals surface area contributed by atoms with Crippen molar-refractivity contribution in [1.82, 2.24) is 15.2 Å². The van der Waals surface area contributed by atoms with Crippen LogP contribution in [0.1, 0.15) is 97.4 Å². The van der Waals surface area contributed by atoms with Gasteiger partial charge in [-0.25, -0.2) is 0 Å². The Morgan fingerprint density at radius 3 is 2.20 bits per heavy atom. The second kappa shape index (κ2) is 16.5. The lowest BCUT2D eigenvalue weighted by atomic mass is 9.84. The van der Waals surface area contributed by atoms with Gasteiger partial charge in [0.25, 0.3) is 0 Å². The largest absolute Gasteiger partial charge is 0.481 e. The number of halogens is 3. The third-order valence-electron chi connectivity index (χ3n) is 5.76. The molecule has 1 aromatic rings. The van der Waals surface area contributed by atoms with Crippen molar-refractivity contribution in [3.8, 4) is 0 Å². The molecule has 2 aliphatic rings. The zero-order chi connectivity index (χ0) is 27.2. The predicted molar refractivity (Wildman–Crippen MR) is 133 cm³/mol. The van der Waals surface area contributed by atoms with E-state index in [9.17, 15) is 22.8 Å². The van der Waals surface area contributed by atoms with Crippen LogP contribution in [0.3, 0.4) is 0 Å². The van der Waals surface area contributed by atoms with Crippen LogP contribution in [-0.2, 0) is 28.7 Å². The van der Waals surface area contributed by atoms with Crippen LogP contribution in [0.4, 0.5) is 13.2 Å². The van der Waals surface area contributed by atoms with Crippen molar-refractivity contribution in [2.24, 2.45) is 5.92 Å². The molecule has 202 valence electrons. The number of aliphatic carboxylic acids is 1. The SMILES string of the molecule is CC.CC.CC.CC(CC(=O)O)NC1CCC(C(=O)N2CCc3ncc(C(F)(F)F)cc3C2)CC1. The Kier molecular flexibility index (Phi) is 15.5. The Labute approximate surface area is 208 Å². The standard InChI is InChI=1S/C20H26F3N3O3.3C2H6/c1-12(8-18(27)28)25-16-4-2-13(3-5-16)19(29)26-7-6-17-14(11-26)9-15(10-24-17)20(21,22)23;3*1-2/h9-10,12-13,16,25H,2-8,11H2,1H3,(H,27,28);3*1-2H3. The van der Waals surface area contributed by atoms with Crippen molar-refractivity contribution in [1.29, 1.82) is 0 Å². The summed E-state index contributed by atoms with van der Waals surface area (Å²) in [5.41, 5.74) is 0.312.